The van der Waals surface area contributed by atoms with Crippen LogP contribution < -0.4 is 10.6 Å². The van der Waals surface area contributed by atoms with Gasteiger partial charge in [0.2, 0.25) is 0 Å². The molecule has 3 rings (SSSR count). The lowest BCUT2D eigenvalue weighted by atomic mass is 10.0. The van der Waals surface area contributed by atoms with Gasteiger partial charge in [-0.1, -0.05) is 0 Å². The first-order chi connectivity index (χ1) is 13.0. The molecule has 2 heterocycles. The molecular weight excluding hydrogens is 470 g/mol. The first-order valence-corrected chi connectivity index (χ1v) is 9.94. The van der Waals surface area contributed by atoms with Gasteiger partial charge in [0.15, 0.2) is 5.96 Å². The number of likely N-dealkylation sites (tertiary alicyclic amines) is 1. The molecule has 0 atom stereocenters. The minimum Gasteiger partial charge on any atom is -0.459 e. The SMILES string of the molecule is CCNC(=NCc1oc2ccc(F)cc2c1C)NC1CCN(C(C)C)CC1.I. The number of hydrogen-bond acceptors (Lipinski definition) is 3. The molecule has 28 heavy (non-hydrogen) atoms. The number of benzene rings is 1. The van der Waals surface area contributed by atoms with Crippen molar-refractivity contribution in [1.82, 2.24) is 15.5 Å². The van der Waals surface area contributed by atoms with E-state index in [1.807, 2.05) is 6.92 Å². The quantitative estimate of drug-likeness (QED) is 0.361. The van der Waals surface area contributed by atoms with Gasteiger partial charge in [-0.05, 0) is 58.7 Å². The Morgan fingerprint density at radius 1 is 1.32 bits per heavy atom. The molecule has 1 saturated heterocycles. The van der Waals surface area contributed by atoms with Gasteiger partial charge in [-0.15, -0.1) is 24.0 Å². The number of aryl methyl sites for hydroxylation is 1. The van der Waals surface area contributed by atoms with Gasteiger partial charge < -0.3 is 20.0 Å². The average molecular weight is 502 g/mol. The summed E-state index contributed by atoms with van der Waals surface area (Å²) in [5, 5.41) is 7.70. The van der Waals surface area contributed by atoms with Crippen LogP contribution in [-0.4, -0.2) is 42.6 Å². The molecule has 2 N–H and O–H groups in total. The predicted octanol–water partition coefficient (Wildman–Crippen LogP) is 4.43. The van der Waals surface area contributed by atoms with E-state index in [1.165, 1.54) is 12.1 Å². The summed E-state index contributed by atoms with van der Waals surface area (Å²) in [6.45, 7) is 12.0. The van der Waals surface area contributed by atoms with Crippen LogP contribution in [0.1, 0.15) is 44.9 Å². The summed E-state index contributed by atoms with van der Waals surface area (Å²) >= 11 is 0. The van der Waals surface area contributed by atoms with Crippen LogP contribution >= 0.6 is 24.0 Å². The molecule has 1 aromatic carbocycles. The molecule has 0 bridgehead atoms. The zero-order chi connectivity index (χ0) is 19.4. The number of aliphatic imine (C=N–C) groups is 1. The van der Waals surface area contributed by atoms with Crippen LogP contribution in [0, 0.1) is 12.7 Å². The molecule has 7 heteroatoms. The molecule has 2 aromatic rings. The average Bonchev–Trinajstić information content (AvgIpc) is 2.96. The molecule has 1 aromatic heterocycles. The van der Waals surface area contributed by atoms with Crippen LogP contribution in [0.2, 0.25) is 0 Å². The van der Waals surface area contributed by atoms with E-state index < -0.39 is 0 Å². The zero-order valence-corrected chi connectivity index (χ0v) is 19.5. The van der Waals surface area contributed by atoms with E-state index in [9.17, 15) is 4.39 Å². The van der Waals surface area contributed by atoms with E-state index in [0.717, 1.165) is 55.1 Å². The Balaban J connectivity index is 0.00000280. The van der Waals surface area contributed by atoms with Crippen molar-refractivity contribution < 1.29 is 8.81 Å². The van der Waals surface area contributed by atoms with Crippen molar-refractivity contribution in [2.75, 3.05) is 19.6 Å². The van der Waals surface area contributed by atoms with Gasteiger partial charge in [-0.25, -0.2) is 9.38 Å². The Hall–Kier alpha value is -1.35. The summed E-state index contributed by atoms with van der Waals surface area (Å²) in [7, 11) is 0. The van der Waals surface area contributed by atoms with Crippen molar-refractivity contribution in [2.45, 2.75) is 59.2 Å². The number of rotatable bonds is 5. The predicted molar refractivity (Wildman–Crippen MR) is 124 cm³/mol. The topological polar surface area (TPSA) is 52.8 Å². The minimum absolute atomic E-state index is 0. The van der Waals surface area contributed by atoms with E-state index in [-0.39, 0.29) is 29.8 Å². The second-order valence-corrected chi connectivity index (χ2v) is 7.53. The van der Waals surface area contributed by atoms with E-state index in [2.05, 4.69) is 36.3 Å². The van der Waals surface area contributed by atoms with Crippen LogP contribution in [0.25, 0.3) is 11.0 Å². The standard InChI is InChI=1S/C21H31FN4O.HI/c1-5-23-21(25-17-8-10-26(11-9-17)14(2)3)24-13-20-15(4)18-12-16(22)6-7-19(18)27-20;/h6-7,12,14,17H,5,8-11,13H2,1-4H3,(H2,23,24,25);1H. The Morgan fingerprint density at radius 3 is 2.68 bits per heavy atom. The number of guanidine groups is 1. The molecule has 0 saturated carbocycles. The van der Waals surface area contributed by atoms with Gasteiger partial charge in [-0.3, -0.25) is 0 Å². The number of nitrogens with one attached hydrogen (secondary N) is 2. The summed E-state index contributed by atoms with van der Waals surface area (Å²) < 4.78 is 19.4. The highest BCUT2D eigenvalue weighted by molar-refractivity contribution is 14.0. The van der Waals surface area contributed by atoms with Gasteiger partial charge in [0.25, 0.3) is 0 Å². The van der Waals surface area contributed by atoms with Crippen molar-refractivity contribution in [2.24, 2.45) is 4.99 Å². The van der Waals surface area contributed by atoms with E-state index in [0.29, 0.717) is 24.2 Å². The Morgan fingerprint density at radius 2 is 2.04 bits per heavy atom. The van der Waals surface area contributed by atoms with E-state index in [4.69, 9.17) is 9.41 Å². The van der Waals surface area contributed by atoms with Gasteiger partial charge in [0.05, 0.1) is 0 Å². The molecule has 0 radical (unpaired) electrons. The van der Waals surface area contributed by atoms with Crippen molar-refractivity contribution in [3.63, 3.8) is 0 Å². The van der Waals surface area contributed by atoms with Gasteiger partial charge >= 0.3 is 0 Å². The largest absolute Gasteiger partial charge is 0.459 e. The maximum absolute atomic E-state index is 13.5. The third kappa shape index (κ3) is 5.59. The minimum atomic E-state index is -0.246. The Kier molecular flexibility index (Phi) is 8.55. The number of piperidine rings is 1. The molecule has 1 aliphatic rings. The van der Waals surface area contributed by atoms with E-state index >= 15 is 0 Å². The first-order valence-electron chi connectivity index (χ1n) is 9.94. The Bertz CT molecular complexity index is 797. The lowest BCUT2D eigenvalue weighted by Crippen LogP contribution is -2.49. The Labute approximate surface area is 184 Å². The number of nitrogens with zero attached hydrogens (tertiary/aromatic N) is 2. The van der Waals surface area contributed by atoms with Crippen molar-refractivity contribution >= 4 is 40.9 Å². The van der Waals surface area contributed by atoms with Gasteiger partial charge in [0, 0.05) is 42.7 Å². The summed E-state index contributed by atoms with van der Waals surface area (Å²) in [4.78, 5) is 7.22. The first kappa shape index (κ1) is 22.9. The highest BCUT2D eigenvalue weighted by atomic mass is 127. The molecule has 0 aliphatic carbocycles. The summed E-state index contributed by atoms with van der Waals surface area (Å²) in [6, 6.07) is 5.66. The summed E-state index contributed by atoms with van der Waals surface area (Å²) in [5.74, 6) is 1.35. The molecule has 5 nitrogen and oxygen atoms in total. The molecular formula is C21H32FIN4O. The molecule has 1 fully saturated rings. The molecule has 0 unspecified atom stereocenters. The fourth-order valence-corrected chi connectivity index (χ4v) is 3.62. The maximum atomic E-state index is 13.5. The van der Waals surface area contributed by atoms with Crippen LogP contribution in [0.15, 0.2) is 27.6 Å². The molecule has 0 amide bonds. The van der Waals surface area contributed by atoms with Crippen LogP contribution in [0.4, 0.5) is 4.39 Å². The third-order valence-electron chi connectivity index (χ3n) is 5.32. The monoisotopic (exact) mass is 502 g/mol. The van der Waals surface area contributed by atoms with Crippen LogP contribution in [0.5, 0.6) is 0 Å². The molecule has 0 spiro atoms. The highest BCUT2D eigenvalue weighted by Crippen LogP contribution is 2.26. The summed E-state index contributed by atoms with van der Waals surface area (Å²) in [6.07, 6.45) is 2.23. The second kappa shape index (κ2) is 10.4. The fourth-order valence-electron chi connectivity index (χ4n) is 3.62. The second-order valence-electron chi connectivity index (χ2n) is 7.53. The lowest BCUT2D eigenvalue weighted by molar-refractivity contribution is 0.167. The normalized spacial score (nSPS) is 16.4. The third-order valence-corrected chi connectivity index (χ3v) is 5.32. The van der Waals surface area contributed by atoms with Gasteiger partial charge in [-0.2, -0.15) is 0 Å². The molecule has 1 aliphatic heterocycles. The number of halogens is 2. The van der Waals surface area contributed by atoms with Crippen molar-refractivity contribution in [3.05, 3.63) is 35.3 Å². The van der Waals surface area contributed by atoms with Crippen LogP contribution in [0.3, 0.4) is 0 Å². The highest BCUT2D eigenvalue weighted by Gasteiger charge is 2.21. The number of hydrogen-bond donors (Lipinski definition) is 2. The number of furan rings is 1. The van der Waals surface area contributed by atoms with Crippen molar-refractivity contribution in [1.29, 1.82) is 0 Å². The lowest BCUT2D eigenvalue weighted by Gasteiger charge is -2.35. The number of fused-ring (bicyclic) bond motifs is 1. The van der Waals surface area contributed by atoms with Crippen molar-refractivity contribution in [3.8, 4) is 0 Å². The zero-order valence-electron chi connectivity index (χ0n) is 17.2. The molecule has 156 valence electrons. The fraction of sp³-hybridized carbons (Fsp3) is 0.571. The van der Waals surface area contributed by atoms with Crippen LogP contribution in [-0.2, 0) is 6.54 Å². The smallest absolute Gasteiger partial charge is 0.191 e. The maximum Gasteiger partial charge on any atom is 0.191 e. The van der Waals surface area contributed by atoms with E-state index in [1.54, 1.807) is 6.07 Å². The van der Waals surface area contributed by atoms with Gasteiger partial charge in [0.1, 0.15) is 23.7 Å². The summed E-state index contributed by atoms with van der Waals surface area (Å²) in [5.41, 5.74) is 1.66.